The Balaban J connectivity index is 1.66. The summed E-state index contributed by atoms with van der Waals surface area (Å²) in [6.07, 6.45) is -2.66. The minimum Gasteiger partial charge on any atom is -0.384 e. The molecule has 0 aliphatic carbocycles. The maximum absolute atomic E-state index is 15.2. The number of carbonyl (C=O) groups is 1. The molecule has 1 aliphatic heterocycles. The van der Waals surface area contributed by atoms with E-state index in [4.69, 9.17) is 5.73 Å². The summed E-state index contributed by atoms with van der Waals surface area (Å²) in [7, 11) is 0. The molecule has 0 unspecified atom stereocenters. The predicted octanol–water partition coefficient (Wildman–Crippen LogP) is 5.21. The molecular weight excluding hydrogens is 462 g/mol. The summed E-state index contributed by atoms with van der Waals surface area (Å²) < 4.78 is 54.0. The van der Waals surface area contributed by atoms with Crippen LogP contribution in [0.25, 0.3) is 22.4 Å². The fourth-order valence-corrected chi connectivity index (χ4v) is 4.45. The Labute approximate surface area is 200 Å². The molecule has 35 heavy (non-hydrogen) atoms. The minimum absolute atomic E-state index is 0.0659. The van der Waals surface area contributed by atoms with E-state index < -0.39 is 23.8 Å². The summed E-state index contributed by atoms with van der Waals surface area (Å²) in [6, 6.07) is 7.65. The van der Waals surface area contributed by atoms with Crippen LogP contribution in [-0.4, -0.2) is 45.0 Å². The number of anilines is 1. The Kier molecular flexibility index (Phi) is 6.73. The van der Waals surface area contributed by atoms with E-state index in [9.17, 15) is 18.0 Å². The molecule has 1 amide bonds. The summed E-state index contributed by atoms with van der Waals surface area (Å²) in [5.74, 6) is -2.45. The lowest BCUT2D eigenvalue weighted by Crippen LogP contribution is -2.42. The Morgan fingerprint density at radius 2 is 1.86 bits per heavy atom. The number of aromatic nitrogens is 3. The Morgan fingerprint density at radius 3 is 2.46 bits per heavy atom. The number of likely N-dealkylation sites (tertiary alicyclic amines) is 1. The summed E-state index contributed by atoms with van der Waals surface area (Å²) in [6.45, 7) is 3.62. The standard InChI is InChI=1S/C25H25F4N5O/c1-3-20-22(17-6-7-21(30)33-14(17)2)23(32-13-31-20)15-4-5-18(19(26)12-15)24(35)34-10-8-16(9-11-34)25(27,28)29/h4-7,12-13,16H,3,8-11H2,1-2H3,(H2,30,33). The second-order valence-electron chi connectivity index (χ2n) is 8.57. The number of hydrogen-bond acceptors (Lipinski definition) is 5. The molecule has 0 atom stereocenters. The lowest BCUT2D eigenvalue weighted by atomic mass is 9.94. The van der Waals surface area contributed by atoms with Crippen molar-refractivity contribution < 1.29 is 22.4 Å². The van der Waals surface area contributed by atoms with Crippen molar-refractivity contribution in [2.45, 2.75) is 39.3 Å². The van der Waals surface area contributed by atoms with Gasteiger partial charge in [0, 0.05) is 35.5 Å². The molecule has 1 aromatic carbocycles. The van der Waals surface area contributed by atoms with Crippen molar-refractivity contribution in [1.82, 2.24) is 19.9 Å². The average molecular weight is 488 g/mol. The van der Waals surface area contributed by atoms with Crippen LogP contribution in [0.3, 0.4) is 0 Å². The number of hydrogen-bond donors (Lipinski definition) is 1. The van der Waals surface area contributed by atoms with Crippen LogP contribution < -0.4 is 5.73 Å². The summed E-state index contributed by atoms with van der Waals surface area (Å²) in [5.41, 5.74) is 9.42. The molecule has 3 aromatic rings. The number of piperidine rings is 1. The second-order valence-corrected chi connectivity index (χ2v) is 8.57. The van der Waals surface area contributed by atoms with Crippen LogP contribution in [-0.2, 0) is 6.42 Å². The molecular formula is C25H25F4N5O. The highest BCUT2D eigenvalue weighted by Crippen LogP contribution is 2.36. The summed E-state index contributed by atoms with van der Waals surface area (Å²) in [4.78, 5) is 27.2. The van der Waals surface area contributed by atoms with E-state index in [1.54, 1.807) is 12.1 Å². The number of amides is 1. The summed E-state index contributed by atoms with van der Waals surface area (Å²) in [5, 5.41) is 0. The average Bonchev–Trinajstić information content (AvgIpc) is 2.83. The van der Waals surface area contributed by atoms with Crippen molar-refractivity contribution in [3.05, 3.63) is 59.4 Å². The van der Waals surface area contributed by atoms with Crippen LogP contribution in [0.2, 0.25) is 0 Å². The van der Waals surface area contributed by atoms with Gasteiger partial charge in [-0.05, 0) is 50.5 Å². The molecule has 4 rings (SSSR count). The van der Waals surface area contributed by atoms with Crippen molar-refractivity contribution in [1.29, 1.82) is 0 Å². The Hall–Kier alpha value is -3.56. The quantitative estimate of drug-likeness (QED) is 0.511. The number of pyridine rings is 1. The van der Waals surface area contributed by atoms with Gasteiger partial charge in [0.15, 0.2) is 0 Å². The first kappa shape index (κ1) is 24.6. The van der Waals surface area contributed by atoms with Crippen molar-refractivity contribution in [3.8, 4) is 22.4 Å². The summed E-state index contributed by atoms with van der Waals surface area (Å²) >= 11 is 0. The number of aryl methyl sites for hydroxylation is 2. The lowest BCUT2D eigenvalue weighted by molar-refractivity contribution is -0.183. The van der Waals surface area contributed by atoms with Gasteiger partial charge in [-0.25, -0.2) is 19.3 Å². The number of rotatable bonds is 4. The molecule has 0 saturated carbocycles. The van der Waals surface area contributed by atoms with Gasteiger partial charge in [-0.1, -0.05) is 13.0 Å². The highest BCUT2D eigenvalue weighted by molar-refractivity contribution is 5.95. The smallest absolute Gasteiger partial charge is 0.384 e. The van der Waals surface area contributed by atoms with E-state index in [0.717, 1.165) is 11.3 Å². The van der Waals surface area contributed by atoms with Gasteiger partial charge < -0.3 is 10.6 Å². The van der Waals surface area contributed by atoms with E-state index in [-0.39, 0.29) is 31.5 Å². The van der Waals surface area contributed by atoms with Gasteiger partial charge >= 0.3 is 6.18 Å². The van der Waals surface area contributed by atoms with Crippen LogP contribution in [0.4, 0.5) is 23.4 Å². The minimum atomic E-state index is -4.28. The van der Waals surface area contributed by atoms with Crippen molar-refractivity contribution in [2.75, 3.05) is 18.8 Å². The van der Waals surface area contributed by atoms with E-state index in [2.05, 4.69) is 15.0 Å². The van der Waals surface area contributed by atoms with E-state index >= 15 is 4.39 Å². The molecule has 1 aliphatic rings. The topological polar surface area (TPSA) is 85.0 Å². The van der Waals surface area contributed by atoms with Crippen molar-refractivity contribution >= 4 is 11.7 Å². The van der Waals surface area contributed by atoms with Crippen LogP contribution in [0.1, 0.15) is 41.5 Å². The molecule has 0 bridgehead atoms. The molecule has 0 radical (unpaired) electrons. The molecule has 184 valence electrons. The van der Waals surface area contributed by atoms with Gasteiger partial charge in [-0.15, -0.1) is 0 Å². The molecule has 3 heterocycles. The van der Waals surface area contributed by atoms with Gasteiger partial charge in [-0.3, -0.25) is 4.79 Å². The van der Waals surface area contributed by atoms with Gasteiger partial charge in [0.2, 0.25) is 0 Å². The maximum Gasteiger partial charge on any atom is 0.391 e. The van der Waals surface area contributed by atoms with Crippen LogP contribution in [0.15, 0.2) is 36.7 Å². The highest BCUT2D eigenvalue weighted by atomic mass is 19.4. The zero-order chi connectivity index (χ0) is 25.3. The first-order chi connectivity index (χ1) is 16.6. The molecule has 2 aromatic heterocycles. The lowest BCUT2D eigenvalue weighted by Gasteiger charge is -2.33. The number of alkyl halides is 3. The van der Waals surface area contributed by atoms with Gasteiger partial charge in [0.05, 0.1) is 22.9 Å². The monoisotopic (exact) mass is 487 g/mol. The number of carbonyl (C=O) groups excluding carboxylic acids is 1. The predicted molar refractivity (Wildman–Crippen MR) is 124 cm³/mol. The van der Waals surface area contributed by atoms with E-state index in [1.165, 1.54) is 23.4 Å². The van der Waals surface area contributed by atoms with Crippen LogP contribution >= 0.6 is 0 Å². The number of halogens is 4. The van der Waals surface area contributed by atoms with Gasteiger partial charge in [0.25, 0.3) is 5.91 Å². The molecule has 1 fully saturated rings. The van der Waals surface area contributed by atoms with Crippen molar-refractivity contribution in [3.63, 3.8) is 0 Å². The fraction of sp³-hybridized carbons (Fsp3) is 0.360. The largest absolute Gasteiger partial charge is 0.391 e. The number of nitrogen functional groups attached to an aromatic ring is 1. The zero-order valence-corrected chi connectivity index (χ0v) is 19.4. The highest BCUT2D eigenvalue weighted by Gasteiger charge is 2.42. The Morgan fingerprint density at radius 1 is 1.14 bits per heavy atom. The first-order valence-corrected chi connectivity index (χ1v) is 11.3. The maximum atomic E-state index is 15.2. The zero-order valence-electron chi connectivity index (χ0n) is 19.4. The van der Waals surface area contributed by atoms with E-state index in [1.807, 2.05) is 19.9 Å². The fourth-order valence-electron chi connectivity index (χ4n) is 4.45. The number of nitrogens with two attached hydrogens (primary N) is 1. The molecule has 2 N–H and O–H groups in total. The molecule has 6 nitrogen and oxygen atoms in total. The normalized spacial score (nSPS) is 14.9. The molecule has 0 spiro atoms. The SMILES string of the molecule is CCc1ncnc(-c2ccc(C(=O)N3CCC(C(F)(F)F)CC3)c(F)c2)c1-c1ccc(N)nc1C. The number of nitrogens with zero attached hydrogens (tertiary/aromatic N) is 4. The first-order valence-electron chi connectivity index (χ1n) is 11.3. The molecule has 10 heteroatoms. The third-order valence-corrected chi connectivity index (χ3v) is 6.36. The second kappa shape index (κ2) is 9.59. The molecule has 1 saturated heterocycles. The van der Waals surface area contributed by atoms with Crippen LogP contribution in [0, 0.1) is 18.7 Å². The third kappa shape index (κ3) is 4.96. The van der Waals surface area contributed by atoms with Crippen LogP contribution in [0.5, 0.6) is 0 Å². The number of benzene rings is 1. The van der Waals surface area contributed by atoms with Crippen molar-refractivity contribution in [2.24, 2.45) is 5.92 Å². The van der Waals surface area contributed by atoms with Gasteiger partial charge in [-0.2, -0.15) is 13.2 Å². The van der Waals surface area contributed by atoms with Gasteiger partial charge in [0.1, 0.15) is 18.0 Å². The third-order valence-electron chi connectivity index (χ3n) is 6.36. The van der Waals surface area contributed by atoms with E-state index in [0.29, 0.717) is 34.8 Å². The Bertz CT molecular complexity index is 1250.